The van der Waals surface area contributed by atoms with Gasteiger partial charge in [0.25, 0.3) is 0 Å². The molecule has 1 fully saturated rings. The molecule has 0 radical (unpaired) electrons. The van der Waals surface area contributed by atoms with Gasteiger partial charge in [-0.25, -0.2) is 0 Å². The molecule has 0 bridgehead atoms. The monoisotopic (exact) mass is 122 g/mol. The van der Waals surface area contributed by atoms with Crippen molar-refractivity contribution in [3.05, 3.63) is 6.92 Å². The second kappa shape index (κ2) is 5.31. The Bertz CT molecular complexity index is 62.1. The van der Waals surface area contributed by atoms with Crippen LogP contribution in [0.3, 0.4) is 0 Å². The third kappa shape index (κ3) is 3.27. The van der Waals surface area contributed by atoms with Crippen molar-refractivity contribution in [2.75, 3.05) is 13.4 Å². The molecular weight excluding hydrogens is 111 g/mol. The van der Waals surface area contributed by atoms with Crippen molar-refractivity contribution >= 4 is 0 Å². The van der Waals surface area contributed by atoms with E-state index in [1.54, 1.807) is 0 Å². The van der Waals surface area contributed by atoms with Crippen molar-refractivity contribution in [1.29, 1.82) is 0 Å². The third-order valence-electron chi connectivity index (χ3n) is 1.22. The van der Waals surface area contributed by atoms with Crippen LogP contribution >= 0.6 is 0 Å². The van der Waals surface area contributed by atoms with Crippen LogP contribution in [0.1, 0.15) is 12.8 Å². The van der Waals surface area contributed by atoms with E-state index in [1.165, 1.54) is 0 Å². The predicted octanol–water partition coefficient (Wildman–Crippen LogP) is -2.02. The Labute approximate surface area is 68.1 Å². The van der Waals surface area contributed by atoms with Gasteiger partial charge in [-0.1, -0.05) is 6.42 Å². The molecule has 0 aromatic heterocycles. The fourth-order valence-electron chi connectivity index (χ4n) is 0.766. The molecule has 0 aromatic carbocycles. The van der Waals surface area contributed by atoms with Gasteiger partial charge in [0.05, 0.1) is 12.7 Å². The molecule has 48 valence electrons. The van der Waals surface area contributed by atoms with Gasteiger partial charge in [-0.05, 0) is 0 Å². The molecule has 3 heteroatoms. The maximum atomic E-state index is 5.13. The zero-order chi connectivity index (χ0) is 5.82. The average molecular weight is 122 g/mol. The summed E-state index contributed by atoms with van der Waals surface area (Å²) in [6.07, 6.45) is 2.29. The van der Waals surface area contributed by atoms with E-state index in [0.717, 1.165) is 19.4 Å². The van der Waals surface area contributed by atoms with Crippen LogP contribution < -0.4 is 18.9 Å². The van der Waals surface area contributed by atoms with Gasteiger partial charge in [-0.2, -0.15) is 6.42 Å². The quantitative estimate of drug-likeness (QED) is 0.311. The Morgan fingerprint density at radius 2 is 2.33 bits per heavy atom. The maximum absolute atomic E-state index is 5.13. The summed E-state index contributed by atoms with van der Waals surface area (Å²) in [5, 5.41) is 0. The molecule has 1 atom stereocenters. The van der Waals surface area contributed by atoms with Gasteiger partial charge < -0.3 is 16.4 Å². The summed E-state index contributed by atoms with van der Waals surface area (Å²) in [4.78, 5) is 0. The van der Waals surface area contributed by atoms with Gasteiger partial charge in [0, 0.05) is 0 Å². The molecule has 0 saturated carbocycles. The van der Waals surface area contributed by atoms with Gasteiger partial charge in [0.1, 0.15) is 6.79 Å². The molecule has 0 aromatic rings. The van der Waals surface area contributed by atoms with Crippen molar-refractivity contribution in [2.24, 2.45) is 0 Å². The van der Waals surface area contributed by atoms with Gasteiger partial charge in [-0.3, -0.25) is 0 Å². The van der Waals surface area contributed by atoms with Crippen molar-refractivity contribution < 1.29 is 28.3 Å². The summed E-state index contributed by atoms with van der Waals surface area (Å²) in [5.74, 6) is 0. The largest absolute Gasteiger partial charge is 1.00 e. The first kappa shape index (κ1) is 9.52. The summed E-state index contributed by atoms with van der Waals surface area (Å²) in [7, 11) is 0. The minimum Gasteiger partial charge on any atom is -0.353 e. The minimum absolute atomic E-state index is 0. The van der Waals surface area contributed by atoms with E-state index in [0.29, 0.717) is 12.9 Å². The van der Waals surface area contributed by atoms with E-state index in [2.05, 4.69) is 6.92 Å². The van der Waals surface area contributed by atoms with Crippen LogP contribution in [0.5, 0.6) is 0 Å². The van der Waals surface area contributed by atoms with E-state index < -0.39 is 0 Å². The van der Waals surface area contributed by atoms with Crippen LogP contribution in [0.25, 0.3) is 0 Å². The minimum atomic E-state index is 0. The van der Waals surface area contributed by atoms with Crippen LogP contribution in [0.15, 0.2) is 0 Å². The van der Waals surface area contributed by atoms with Crippen LogP contribution in [0.2, 0.25) is 0 Å². The van der Waals surface area contributed by atoms with Crippen LogP contribution in [0, 0.1) is 6.92 Å². The number of rotatable bonds is 2. The molecule has 0 spiro atoms. The molecule has 1 rings (SSSR count). The Hall–Kier alpha value is 0.517. The molecule has 1 heterocycles. The molecule has 1 unspecified atom stereocenters. The Balaban J connectivity index is 0.000000640. The van der Waals surface area contributed by atoms with E-state index in [1.807, 2.05) is 0 Å². The normalized spacial score (nSPS) is 25.7. The molecular formula is C6H11LiO2. The van der Waals surface area contributed by atoms with Crippen LogP contribution in [-0.4, -0.2) is 19.5 Å². The summed E-state index contributed by atoms with van der Waals surface area (Å²) in [5.41, 5.74) is 0. The third-order valence-corrected chi connectivity index (χ3v) is 1.22. The van der Waals surface area contributed by atoms with E-state index >= 15 is 0 Å². The number of ether oxygens (including phenoxy) is 2. The molecule has 0 aliphatic carbocycles. The van der Waals surface area contributed by atoms with Crippen LogP contribution in [0.4, 0.5) is 0 Å². The molecule has 2 nitrogen and oxygen atoms in total. The Morgan fingerprint density at radius 3 is 2.78 bits per heavy atom. The molecule has 1 aliphatic rings. The first-order chi connectivity index (χ1) is 3.93. The molecule has 0 N–H and O–H groups in total. The van der Waals surface area contributed by atoms with Gasteiger partial charge in [0.2, 0.25) is 0 Å². The van der Waals surface area contributed by atoms with Crippen molar-refractivity contribution in [3.63, 3.8) is 0 Å². The SMILES string of the molecule is [CH2-]CCC1COCO1.[Li+]. The standard InChI is InChI=1S/C6H11O2.Li/c1-2-3-6-4-7-5-8-6;/h6H,1-5H2;/q-1;+1. The van der Waals surface area contributed by atoms with E-state index in [4.69, 9.17) is 9.47 Å². The first-order valence-corrected chi connectivity index (χ1v) is 2.92. The topological polar surface area (TPSA) is 18.5 Å². The van der Waals surface area contributed by atoms with Crippen LogP contribution in [-0.2, 0) is 9.47 Å². The second-order valence-electron chi connectivity index (χ2n) is 1.92. The van der Waals surface area contributed by atoms with Gasteiger partial charge in [-0.15, -0.1) is 0 Å². The fraction of sp³-hybridized carbons (Fsp3) is 0.833. The summed E-state index contributed by atoms with van der Waals surface area (Å²) in [6.45, 7) is 4.95. The predicted molar refractivity (Wildman–Crippen MR) is 30.3 cm³/mol. The summed E-state index contributed by atoms with van der Waals surface area (Å²) in [6, 6.07) is 0. The zero-order valence-electron chi connectivity index (χ0n) is 5.93. The second-order valence-corrected chi connectivity index (χ2v) is 1.92. The van der Waals surface area contributed by atoms with Gasteiger partial charge >= 0.3 is 18.9 Å². The Morgan fingerprint density at radius 1 is 1.56 bits per heavy atom. The maximum Gasteiger partial charge on any atom is 1.00 e. The Kier molecular flexibility index (Phi) is 5.62. The van der Waals surface area contributed by atoms with Crippen molar-refractivity contribution in [3.8, 4) is 0 Å². The summed E-state index contributed by atoms with van der Waals surface area (Å²) >= 11 is 0. The van der Waals surface area contributed by atoms with Crippen molar-refractivity contribution in [2.45, 2.75) is 18.9 Å². The van der Waals surface area contributed by atoms with E-state index in [-0.39, 0.29) is 18.9 Å². The van der Waals surface area contributed by atoms with Gasteiger partial charge in [0.15, 0.2) is 0 Å². The number of hydrogen-bond donors (Lipinski definition) is 0. The molecule has 1 saturated heterocycles. The average Bonchev–Trinajstić information content (AvgIpc) is 2.19. The van der Waals surface area contributed by atoms with E-state index in [9.17, 15) is 0 Å². The fourth-order valence-corrected chi connectivity index (χ4v) is 0.766. The zero-order valence-corrected chi connectivity index (χ0v) is 5.93. The number of hydrogen-bond acceptors (Lipinski definition) is 2. The molecule has 0 amide bonds. The molecule has 9 heavy (non-hydrogen) atoms. The first-order valence-electron chi connectivity index (χ1n) is 2.92. The molecule has 1 aliphatic heterocycles. The van der Waals surface area contributed by atoms with Crippen molar-refractivity contribution in [1.82, 2.24) is 0 Å². The smallest absolute Gasteiger partial charge is 0.353 e. The summed E-state index contributed by atoms with van der Waals surface area (Å²) < 4.78 is 10.1.